The first-order valence-corrected chi connectivity index (χ1v) is 22.4. The van der Waals surface area contributed by atoms with Crippen LogP contribution in [0.3, 0.4) is 0 Å². The van der Waals surface area contributed by atoms with Crippen molar-refractivity contribution in [2.45, 2.75) is 76.7 Å². The second kappa shape index (κ2) is 20.2. The van der Waals surface area contributed by atoms with E-state index in [-0.39, 0.29) is 36.2 Å². The molecule has 4 atom stereocenters. The molecule has 2 aromatic heterocycles. The van der Waals surface area contributed by atoms with Gasteiger partial charge in [-0.25, -0.2) is 19.6 Å². The highest BCUT2D eigenvalue weighted by molar-refractivity contribution is 5.87. The standard InChI is InChI=1S/C51H56N8O7/c1-32(2)45(57(3)51(63)64)49(61)59-27-9-13-44(59)47-53-30-42(55-47)38-22-18-36(19-23-38)35-16-20-37(21-17-35)41-29-52-46(54-41)43-12-8-26-58(43)48(60)40(56-50(62)65-4)28-33-14-24-39(25-15-33)66-31-34-10-6-5-7-11-34/h5-7,10-11,14-25,29-30,32,40,43-45H,8-9,12-13,26-28,31H2,1-4H3,(H,52,54)(H,53,55)(H,56,62)(H,63,64)/t40-,43-,44-,45-/m0/s1. The van der Waals surface area contributed by atoms with Crippen LogP contribution in [0, 0.1) is 5.92 Å². The van der Waals surface area contributed by atoms with Crippen molar-refractivity contribution in [2.75, 3.05) is 27.2 Å². The fourth-order valence-electron chi connectivity index (χ4n) is 9.11. The minimum atomic E-state index is -1.13. The third kappa shape index (κ3) is 10.1. The van der Waals surface area contributed by atoms with E-state index >= 15 is 0 Å². The molecule has 2 saturated heterocycles. The van der Waals surface area contributed by atoms with Crippen LogP contribution in [-0.4, -0.2) is 103 Å². The van der Waals surface area contributed by atoms with Crippen LogP contribution in [0.4, 0.5) is 9.59 Å². The number of rotatable bonds is 15. The summed E-state index contributed by atoms with van der Waals surface area (Å²) in [6, 6.07) is 31.7. The van der Waals surface area contributed by atoms with Gasteiger partial charge >= 0.3 is 12.2 Å². The molecule has 0 unspecified atom stereocenters. The maximum Gasteiger partial charge on any atom is 0.407 e. The number of alkyl carbamates (subject to hydrolysis) is 1. The van der Waals surface area contributed by atoms with Crippen LogP contribution >= 0.6 is 0 Å². The highest BCUT2D eigenvalue weighted by Crippen LogP contribution is 2.35. The molecule has 4 aromatic carbocycles. The molecule has 4 heterocycles. The number of imidazole rings is 2. The smallest absolute Gasteiger partial charge is 0.407 e. The van der Waals surface area contributed by atoms with Gasteiger partial charge < -0.3 is 39.7 Å². The van der Waals surface area contributed by atoms with E-state index in [9.17, 15) is 24.3 Å². The molecule has 15 heteroatoms. The third-order valence-corrected chi connectivity index (χ3v) is 12.6. The molecule has 342 valence electrons. The predicted molar refractivity (Wildman–Crippen MR) is 249 cm³/mol. The number of ether oxygens (including phenoxy) is 2. The summed E-state index contributed by atoms with van der Waals surface area (Å²) in [4.78, 5) is 73.0. The number of hydrogen-bond donors (Lipinski definition) is 4. The topological polar surface area (TPSA) is 186 Å². The average molecular weight is 893 g/mol. The first kappa shape index (κ1) is 45.2. The number of carboxylic acid groups (broad SMARTS) is 1. The quantitative estimate of drug-likeness (QED) is 0.0783. The fraction of sp³-hybridized carbons (Fsp3) is 0.333. The van der Waals surface area contributed by atoms with E-state index in [1.165, 1.54) is 14.2 Å². The summed E-state index contributed by atoms with van der Waals surface area (Å²) >= 11 is 0. The first-order valence-electron chi connectivity index (χ1n) is 22.4. The lowest BCUT2D eigenvalue weighted by atomic mass is 10.0. The number of H-pyrrole nitrogens is 2. The van der Waals surface area contributed by atoms with Gasteiger partial charge in [0, 0.05) is 26.6 Å². The van der Waals surface area contributed by atoms with E-state index in [1.54, 1.807) is 22.2 Å². The Labute approximate surface area is 384 Å². The molecule has 0 aliphatic carbocycles. The monoisotopic (exact) mass is 892 g/mol. The van der Waals surface area contributed by atoms with Crippen molar-refractivity contribution >= 4 is 24.0 Å². The Morgan fingerprint density at radius 2 is 1.24 bits per heavy atom. The van der Waals surface area contributed by atoms with Gasteiger partial charge in [0.15, 0.2) is 0 Å². The molecule has 0 saturated carbocycles. The van der Waals surface area contributed by atoms with Gasteiger partial charge in [-0.05, 0) is 77.1 Å². The molecular weight excluding hydrogens is 837 g/mol. The van der Waals surface area contributed by atoms with Crippen LogP contribution < -0.4 is 10.1 Å². The fourth-order valence-corrected chi connectivity index (χ4v) is 9.11. The molecule has 0 radical (unpaired) electrons. The number of carbonyl (C=O) groups excluding carboxylic acids is 3. The number of aromatic amines is 2. The Balaban J connectivity index is 0.898. The molecule has 4 N–H and O–H groups in total. The number of benzene rings is 4. The molecule has 6 aromatic rings. The van der Waals surface area contributed by atoms with E-state index in [2.05, 4.69) is 44.5 Å². The number of likely N-dealkylation sites (tertiary alicyclic amines) is 2. The number of likely N-dealkylation sites (N-methyl/N-ethyl adjacent to an activating group) is 1. The zero-order valence-electron chi connectivity index (χ0n) is 37.6. The Morgan fingerprint density at radius 1 is 0.727 bits per heavy atom. The summed E-state index contributed by atoms with van der Waals surface area (Å²) in [6.07, 6.45) is 5.13. The summed E-state index contributed by atoms with van der Waals surface area (Å²) in [7, 11) is 2.73. The molecule has 15 nitrogen and oxygen atoms in total. The van der Waals surface area contributed by atoms with Gasteiger partial charge in [0.05, 0.1) is 43.0 Å². The number of carbonyl (C=O) groups is 4. The summed E-state index contributed by atoms with van der Waals surface area (Å²) in [6.45, 7) is 5.25. The van der Waals surface area contributed by atoms with E-state index in [0.29, 0.717) is 37.1 Å². The van der Waals surface area contributed by atoms with Gasteiger partial charge in [0.2, 0.25) is 11.8 Å². The number of nitrogens with zero attached hydrogens (tertiary/aromatic N) is 5. The molecule has 0 bridgehead atoms. The molecular formula is C51H56N8O7. The second-order valence-electron chi connectivity index (χ2n) is 17.3. The number of amides is 4. The zero-order valence-corrected chi connectivity index (χ0v) is 37.6. The largest absolute Gasteiger partial charge is 0.489 e. The molecule has 2 fully saturated rings. The van der Waals surface area contributed by atoms with Gasteiger partial charge in [-0.2, -0.15) is 0 Å². The molecule has 4 amide bonds. The molecule has 8 rings (SSSR count). The maximum atomic E-state index is 14.2. The van der Waals surface area contributed by atoms with Crippen molar-refractivity contribution in [1.29, 1.82) is 0 Å². The van der Waals surface area contributed by atoms with E-state index in [4.69, 9.17) is 14.5 Å². The van der Waals surface area contributed by atoms with Crippen LogP contribution in [0.5, 0.6) is 5.75 Å². The molecule has 66 heavy (non-hydrogen) atoms. The Kier molecular flexibility index (Phi) is 13.8. The van der Waals surface area contributed by atoms with Crippen molar-refractivity contribution < 1.29 is 33.8 Å². The Morgan fingerprint density at radius 3 is 1.74 bits per heavy atom. The van der Waals surface area contributed by atoms with Crippen molar-refractivity contribution in [3.8, 4) is 39.4 Å². The normalized spacial score (nSPS) is 16.8. The lowest BCUT2D eigenvalue weighted by Gasteiger charge is -2.33. The van der Waals surface area contributed by atoms with Crippen molar-refractivity contribution in [2.24, 2.45) is 5.92 Å². The van der Waals surface area contributed by atoms with E-state index in [1.807, 2.05) is 92.7 Å². The number of methoxy groups -OCH3 is 1. The number of nitrogens with one attached hydrogen (secondary N) is 3. The number of aromatic nitrogens is 4. The predicted octanol–water partition coefficient (Wildman–Crippen LogP) is 8.64. The highest BCUT2D eigenvalue weighted by atomic mass is 16.5. The summed E-state index contributed by atoms with van der Waals surface area (Å²) in [5.74, 6) is 1.50. The zero-order chi connectivity index (χ0) is 46.3. The molecule has 2 aliphatic rings. The summed E-state index contributed by atoms with van der Waals surface area (Å²) < 4.78 is 10.9. The van der Waals surface area contributed by atoms with Gasteiger partial charge in [-0.1, -0.05) is 105 Å². The summed E-state index contributed by atoms with van der Waals surface area (Å²) in [5.41, 5.74) is 7.56. The number of hydrogen-bond acceptors (Lipinski definition) is 8. The maximum absolute atomic E-state index is 14.2. The van der Waals surface area contributed by atoms with E-state index in [0.717, 1.165) is 75.4 Å². The van der Waals surface area contributed by atoms with Crippen molar-refractivity contribution in [1.82, 2.24) is 40.0 Å². The average Bonchev–Trinajstić information content (AvgIpc) is 4.19. The van der Waals surface area contributed by atoms with Gasteiger partial charge in [-0.3, -0.25) is 14.5 Å². The van der Waals surface area contributed by atoms with Crippen molar-refractivity contribution in [3.63, 3.8) is 0 Å². The lowest BCUT2D eigenvalue weighted by molar-refractivity contribution is -0.138. The molecule has 0 spiro atoms. The van der Waals surface area contributed by atoms with Crippen LogP contribution in [0.15, 0.2) is 116 Å². The van der Waals surface area contributed by atoms with Crippen LogP contribution in [-0.2, 0) is 27.4 Å². The second-order valence-corrected chi connectivity index (χ2v) is 17.3. The van der Waals surface area contributed by atoms with Crippen molar-refractivity contribution in [3.05, 3.63) is 138 Å². The summed E-state index contributed by atoms with van der Waals surface area (Å²) in [5, 5.41) is 12.4. The minimum Gasteiger partial charge on any atom is -0.489 e. The van der Waals surface area contributed by atoms with Gasteiger partial charge in [0.25, 0.3) is 0 Å². The lowest BCUT2D eigenvalue weighted by Crippen LogP contribution is -2.51. The third-order valence-electron chi connectivity index (χ3n) is 12.6. The van der Waals surface area contributed by atoms with Crippen LogP contribution in [0.25, 0.3) is 33.6 Å². The van der Waals surface area contributed by atoms with E-state index < -0.39 is 24.3 Å². The first-order chi connectivity index (χ1) is 32.0. The van der Waals surface area contributed by atoms with Gasteiger partial charge in [-0.15, -0.1) is 0 Å². The van der Waals surface area contributed by atoms with Crippen LogP contribution in [0.1, 0.15) is 74.4 Å². The highest BCUT2D eigenvalue weighted by Gasteiger charge is 2.40. The van der Waals surface area contributed by atoms with Gasteiger partial charge in [0.1, 0.15) is 36.1 Å². The SMILES string of the molecule is COC(=O)N[C@@H](Cc1ccc(OCc2ccccc2)cc1)C(=O)N1CCC[C@H]1c1ncc(-c2ccc(-c3ccc(-c4cnc([C@@H]5CCCN5C(=O)[C@H](C(C)C)N(C)C(=O)O)[nH]4)cc3)cc2)[nH]1. The Hall–Kier alpha value is -7.42. The Bertz CT molecular complexity index is 2610. The molecule has 2 aliphatic heterocycles. The minimum absolute atomic E-state index is 0.181. The van der Waals surface area contributed by atoms with Crippen LogP contribution in [0.2, 0.25) is 0 Å².